The number of hydrogen-bond acceptors (Lipinski definition) is 5. The van der Waals surface area contributed by atoms with Crippen molar-refractivity contribution in [2.75, 3.05) is 60.1 Å². The standard InChI is InChI=1S/C24H32N4O3S/c1-20-8-7-9-21(18-20)26-14-16-28(17-15-26)32(30,31)19-24(29)25-22-10-3-4-11-23(22)27-12-5-2-6-13-27/h3-4,7-11,18H,2,5-6,12-17,19H2,1H3,(H,25,29). The second-order valence-corrected chi connectivity index (χ2v) is 10.6. The number of sulfonamides is 1. The SMILES string of the molecule is Cc1cccc(N2CCN(S(=O)(=O)CC(=O)Nc3ccccc3N3CCCCC3)CC2)c1. The van der Waals surface area contributed by atoms with Crippen LogP contribution in [0.4, 0.5) is 17.1 Å². The number of carbonyl (C=O) groups is 1. The van der Waals surface area contributed by atoms with Gasteiger partial charge in [-0.3, -0.25) is 4.79 Å². The Morgan fingerprint density at radius 2 is 1.59 bits per heavy atom. The molecule has 2 aliphatic heterocycles. The van der Waals surface area contributed by atoms with Crippen LogP contribution in [0.3, 0.4) is 0 Å². The van der Waals surface area contributed by atoms with Crippen molar-refractivity contribution >= 4 is 33.0 Å². The van der Waals surface area contributed by atoms with Gasteiger partial charge in [-0.2, -0.15) is 4.31 Å². The highest BCUT2D eigenvalue weighted by Crippen LogP contribution is 2.28. The van der Waals surface area contributed by atoms with Crippen molar-refractivity contribution in [3.8, 4) is 0 Å². The van der Waals surface area contributed by atoms with Gasteiger partial charge in [-0.25, -0.2) is 8.42 Å². The number of aryl methyl sites for hydroxylation is 1. The number of nitrogens with zero attached hydrogens (tertiary/aromatic N) is 3. The summed E-state index contributed by atoms with van der Waals surface area (Å²) in [5.74, 6) is -1.03. The average molecular weight is 457 g/mol. The number of amides is 1. The largest absolute Gasteiger partial charge is 0.370 e. The molecule has 1 N–H and O–H groups in total. The van der Waals surface area contributed by atoms with Gasteiger partial charge in [0.25, 0.3) is 0 Å². The third-order valence-electron chi connectivity index (χ3n) is 6.19. The van der Waals surface area contributed by atoms with Crippen LogP contribution in [-0.2, 0) is 14.8 Å². The first-order valence-corrected chi connectivity index (χ1v) is 13.0. The van der Waals surface area contributed by atoms with Gasteiger partial charge in [-0.15, -0.1) is 0 Å². The van der Waals surface area contributed by atoms with Crippen LogP contribution >= 0.6 is 0 Å². The zero-order valence-corrected chi connectivity index (χ0v) is 19.5. The average Bonchev–Trinajstić information content (AvgIpc) is 2.80. The zero-order chi connectivity index (χ0) is 22.6. The summed E-state index contributed by atoms with van der Waals surface area (Å²) in [5.41, 5.74) is 3.93. The maximum Gasteiger partial charge on any atom is 0.241 e. The van der Waals surface area contributed by atoms with Crippen molar-refractivity contribution < 1.29 is 13.2 Å². The first-order valence-electron chi connectivity index (χ1n) is 11.4. The van der Waals surface area contributed by atoms with Crippen molar-refractivity contribution in [1.82, 2.24) is 4.31 Å². The van der Waals surface area contributed by atoms with E-state index in [4.69, 9.17) is 0 Å². The van der Waals surface area contributed by atoms with Crippen LogP contribution in [0.5, 0.6) is 0 Å². The van der Waals surface area contributed by atoms with Crippen LogP contribution in [0, 0.1) is 6.92 Å². The monoisotopic (exact) mass is 456 g/mol. The number of anilines is 3. The Balaban J connectivity index is 1.36. The Bertz CT molecular complexity index is 1040. The molecule has 32 heavy (non-hydrogen) atoms. The fraction of sp³-hybridized carbons (Fsp3) is 0.458. The van der Waals surface area contributed by atoms with Gasteiger partial charge in [0, 0.05) is 45.0 Å². The Morgan fingerprint density at radius 3 is 2.31 bits per heavy atom. The first kappa shape index (κ1) is 22.6. The minimum absolute atomic E-state index is 0.383. The smallest absolute Gasteiger partial charge is 0.241 e. The molecule has 2 aliphatic rings. The van der Waals surface area contributed by atoms with Crippen LogP contribution in [0.15, 0.2) is 48.5 Å². The van der Waals surface area contributed by atoms with E-state index < -0.39 is 21.7 Å². The minimum Gasteiger partial charge on any atom is -0.370 e. The predicted molar refractivity (Wildman–Crippen MR) is 130 cm³/mol. The molecule has 4 rings (SSSR count). The molecule has 0 spiro atoms. The summed E-state index contributed by atoms with van der Waals surface area (Å²) in [7, 11) is -3.67. The molecular formula is C24H32N4O3S. The van der Waals surface area contributed by atoms with E-state index in [0.717, 1.165) is 37.3 Å². The summed E-state index contributed by atoms with van der Waals surface area (Å²) in [6.45, 7) is 5.95. The highest BCUT2D eigenvalue weighted by Gasteiger charge is 2.29. The molecule has 7 nitrogen and oxygen atoms in total. The van der Waals surface area contributed by atoms with Crippen molar-refractivity contribution in [3.63, 3.8) is 0 Å². The lowest BCUT2D eigenvalue weighted by Gasteiger charge is -2.35. The van der Waals surface area contributed by atoms with Crippen molar-refractivity contribution in [2.45, 2.75) is 26.2 Å². The molecule has 0 aromatic heterocycles. The topological polar surface area (TPSA) is 73.0 Å². The number of para-hydroxylation sites is 2. The summed E-state index contributed by atoms with van der Waals surface area (Å²) in [6.07, 6.45) is 3.48. The molecular weight excluding hydrogens is 424 g/mol. The quantitative estimate of drug-likeness (QED) is 0.723. The molecule has 0 atom stereocenters. The molecule has 172 valence electrons. The molecule has 0 aliphatic carbocycles. The molecule has 8 heteroatoms. The van der Waals surface area contributed by atoms with Crippen LogP contribution in [-0.4, -0.2) is 63.7 Å². The summed E-state index contributed by atoms with van der Waals surface area (Å²) >= 11 is 0. The van der Waals surface area contributed by atoms with Gasteiger partial charge in [-0.1, -0.05) is 24.3 Å². The highest BCUT2D eigenvalue weighted by molar-refractivity contribution is 7.89. The van der Waals surface area contributed by atoms with Crippen LogP contribution < -0.4 is 15.1 Å². The van der Waals surface area contributed by atoms with E-state index in [9.17, 15) is 13.2 Å². The van der Waals surface area contributed by atoms with Gasteiger partial charge < -0.3 is 15.1 Å². The molecule has 0 bridgehead atoms. The Labute approximate surface area is 191 Å². The fourth-order valence-electron chi connectivity index (χ4n) is 4.48. The van der Waals surface area contributed by atoms with E-state index in [1.165, 1.54) is 16.3 Å². The van der Waals surface area contributed by atoms with Gasteiger partial charge in [-0.05, 0) is 56.0 Å². The van der Waals surface area contributed by atoms with E-state index in [0.29, 0.717) is 31.9 Å². The Kier molecular flexibility index (Phi) is 7.01. The van der Waals surface area contributed by atoms with Crippen molar-refractivity contribution in [3.05, 3.63) is 54.1 Å². The molecule has 0 radical (unpaired) electrons. The van der Waals surface area contributed by atoms with Crippen LogP contribution in [0.2, 0.25) is 0 Å². The zero-order valence-electron chi connectivity index (χ0n) is 18.7. The normalized spacial score (nSPS) is 17.9. The number of piperazine rings is 1. The van der Waals surface area contributed by atoms with E-state index in [1.54, 1.807) is 0 Å². The van der Waals surface area contributed by atoms with Gasteiger partial charge >= 0.3 is 0 Å². The fourth-order valence-corrected chi connectivity index (χ4v) is 5.79. The predicted octanol–water partition coefficient (Wildman–Crippen LogP) is 3.08. The maximum atomic E-state index is 12.9. The number of hydrogen-bond donors (Lipinski definition) is 1. The number of piperidine rings is 1. The second kappa shape index (κ2) is 9.92. The third kappa shape index (κ3) is 5.42. The molecule has 1 amide bonds. The lowest BCUT2D eigenvalue weighted by atomic mass is 10.1. The second-order valence-electron chi connectivity index (χ2n) is 8.59. The van der Waals surface area contributed by atoms with Gasteiger partial charge in [0.1, 0.15) is 5.75 Å². The summed E-state index contributed by atoms with van der Waals surface area (Å²) in [5, 5.41) is 2.85. The van der Waals surface area contributed by atoms with E-state index in [2.05, 4.69) is 21.2 Å². The lowest BCUT2D eigenvalue weighted by molar-refractivity contribution is -0.113. The number of benzene rings is 2. The van der Waals surface area contributed by atoms with Gasteiger partial charge in [0.05, 0.1) is 11.4 Å². The first-order chi connectivity index (χ1) is 15.4. The van der Waals surface area contributed by atoms with Crippen LogP contribution in [0.1, 0.15) is 24.8 Å². The van der Waals surface area contributed by atoms with Crippen molar-refractivity contribution in [2.24, 2.45) is 0 Å². The van der Waals surface area contributed by atoms with E-state index >= 15 is 0 Å². The molecule has 2 fully saturated rings. The van der Waals surface area contributed by atoms with Gasteiger partial charge in [0.15, 0.2) is 0 Å². The summed E-state index contributed by atoms with van der Waals surface area (Å²) < 4.78 is 27.3. The number of rotatable bonds is 6. The van der Waals surface area contributed by atoms with Crippen molar-refractivity contribution in [1.29, 1.82) is 0 Å². The van der Waals surface area contributed by atoms with Gasteiger partial charge in [0.2, 0.25) is 15.9 Å². The van der Waals surface area contributed by atoms with Crippen LogP contribution in [0.25, 0.3) is 0 Å². The Morgan fingerprint density at radius 1 is 0.875 bits per heavy atom. The molecule has 0 saturated carbocycles. The summed E-state index contributed by atoms with van der Waals surface area (Å²) in [6, 6.07) is 15.9. The molecule has 0 unspecified atom stereocenters. The van der Waals surface area contributed by atoms with E-state index in [-0.39, 0.29) is 0 Å². The summed E-state index contributed by atoms with van der Waals surface area (Å²) in [4.78, 5) is 17.1. The number of nitrogens with one attached hydrogen (secondary N) is 1. The number of carbonyl (C=O) groups excluding carboxylic acids is 1. The maximum absolute atomic E-state index is 12.9. The molecule has 2 heterocycles. The third-order valence-corrected chi connectivity index (χ3v) is 7.97. The molecule has 2 aromatic rings. The molecule has 2 aromatic carbocycles. The Hall–Kier alpha value is -2.58. The van der Waals surface area contributed by atoms with E-state index in [1.807, 2.05) is 49.4 Å². The lowest BCUT2D eigenvalue weighted by Crippen LogP contribution is -2.50. The molecule has 2 saturated heterocycles. The minimum atomic E-state index is -3.67. The highest BCUT2D eigenvalue weighted by atomic mass is 32.2.